The second kappa shape index (κ2) is 4.20. The highest BCUT2D eigenvalue weighted by Crippen LogP contribution is 2.14. The van der Waals surface area contributed by atoms with Crippen LogP contribution in [0.2, 0.25) is 0 Å². The SMILES string of the molecule is OCC1=[N+](O)C(CO)C(O)C(O)C1O. The van der Waals surface area contributed by atoms with E-state index in [0.29, 0.717) is 4.74 Å². The summed E-state index contributed by atoms with van der Waals surface area (Å²) in [6.45, 7) is -1.27. The first-order chi connectivity index (χ1) is 6.54. The molecule has 0 aromatic heterocycles. The fraction of sp³-hybridized carbons (Fsp3) is 0.857. The van der Waals surface area contributed by atoms with Crippen molar-refractivity contribution >= 4 is 5.71 Å². The van der Waals surface area contributed by atoms with Gasteiger partial charge in [-0.05, 0) is 4.74 Å². The van der Waals surface area contributed by atoms with Gasteiger partial charge in [0, 0.05) is 0 Å². The second-order valence-corrected chi connectivity index (χ2v) is 3.17. The molecule has 0 bridgehead atoms. The molecule has 7 nitrogen and oxygen atoms in total. The van der Waals surface area contributed by atoms with Crippen LogP contribution >= 0.6 is 0 Å². The normalized spacial score (nSPS) is 38.9. The lowest BCUT2D eigenvalue weighted by Crippen LogP contribution is -2.60. The molecular formula is C7H14NO6+. The van der Waals surface area contributed by atoms with Gasteiger partial charge in [0.05, 0.1) is 0 Å². The molecule has 0 aliphatic carbocycles. The Morgan fingerprint density at radius 1 is 1.07 bits per heavy atom. The second-order valence-electron chi connectivity index (χ2n) is 3.17. The van der Waals surface area contributed by atoms with Gasteiger partial charge in [-0.3, -0.25) is 5.21 Å². The minimum absolute atomic E-state index is 0.248. The van der Waals surface area contributed by atoms with Crippen LogP contribution in [0.1, 0.15) is 0 Å². The molecule has 6 N–H and O–H groups in total. The van der Waals surface area contributed by atoms with Crippen molar-refractivity contribution in [2.75, 3.05) is 13.2 Å². The maximum atomic E-state index is 9.33. The molecule has 0 saturated carbocycles. The molecule has 82 valence electrons. The van der Waals surface area contributed by atoms with Gasteiger partial charge < -0.3 is 25.5 Å². The quantitative estimate of drug-likeness (QED) is 0.205. The molecule has 0 fully saturated rings. The van der Waals surface area contributed by atoms with Crippen molar-refractivity contribution in [1.82, 2.24) is 0 Å². The van der Waals surface area contributed by atoms with Crippen molar-refractivity contribution in [2.45, 2.75) is 24.4 Å². The van der Waals surface area contributed by atoms with Crippen molar-refractivity contribution in [3.63, 3.8) is 0 Å². The molecule has 0 aromatic rings. The van der Waals surface area contributed by atoms with Crippen molar-refractivity contribution in [3.05, 3.63) is 0 Å². The van der Waals surface area contributed by atoms with E-state index in [9.17, 15) is 20.5 Å². The van der Waals surface area contributed by atoms with Gasteiger partial charge in [-0.1, -0.05) is 0 Å². The monoisotopic (exact) mass is 208 g/mol. The molecule has 4 unspecified atom stereocenters. The summed E-state index contributed by atoms with van der Waals surface area (Å²) in [7, 11) is 0. The van der Waals surface area contributed by atoms with Crippen LogP contribution in [0, 0.1) is 0 Å². The zero-order chi connectivity index (χ0) is 10.9. The van der Waals surface area contributed by atoms with Crippen LogP contribution in [0.25, 0.3) is 0 Å². The van der Waals surface area contributed by atoms with E-state index in [0.717, 1.165) is 0 Å². The van der Waals surface area contributed by atoms with Crippen LogP contribution in [-0.2, 0) is 0 Å². The lowest BCUT2D eigenvalue weighted by molar-refractivity contribution is -0.810. The van der Waals surface area contributed by atoms with Crippen molar-refractivity contribution in [1.29, 1.82) is 0 Å². The van der Waals surface area contributed by atoms with Crippen molar-refractivity contribution in [3.8, 4) is 0 Å². The molecule has 14 heavy (non-hydrogen) atoms. The minimum atomic E-state index is -1.54. The summed E-state index contributed by atoms with van der Waals surface area (Å²) in [5.74, 6) is 0. The molecule has 0 radical (unpaired) electrons. The Morgan fingerprint density at radius 3 is 2.07 bits per heavy atom. The summed E-state index contributed by atoms with van der Waals surface area (Å²) in [6, 6.07) is -1.14. The third kappa shape index (κ3) is 1.60. The van der Waals surface area contributed by atoms with Crippen molar-refractivity contribution in [2.24, 2.45) is 0 Å². The van der Waals surface area contributed by atoms with Crippen LogP contribution in [0.4, 0.5) is 0 Å². The first-order valence-electron chi connectivity index (χ1n) is 4.14. The lowest BCUT2D eigenvalue weighted by atomic mass is 9.94. The van der Waals surface area contributed by atoms with E-state index in [4.69, 9.17) is 10.2 Å². The molecule has 7 heteroatoms. The average Bonchev–Trinajstić information content (AvgIpc) is 2.16. The van der Waals surface area contributed by atoms with E-state index >= 15 is 0 Å². The molecule has 0 aromatic carbocycles. The summed E-state index contributed by atoms with van der Waals surface area (Å²) in [6.07, 6.45) is -4.55. The topological polar surface area (TPSA) is 124 Å². The Morgan fingerprint density at radius 2 is 1.64 bits per heavy atom. The molecular weight excluding hydrogens is 194 g/mol. The third-order valence-corrected chi connectivity index (χ3v) is 2.37. The standard InChI is InChI=1S/C7H14NO6/c9-1-3-5(11)7(13)6(12)4(2-10)8(3)14/h3,5-7,9-14H,1-2H2/q+1. The molecule has 1 heterocycles. The highest BCUT2D eigenvalue weighted by atomic mass is 16.5. The number of nitrogens with zero attached hydrogens (tertiary/aromatic N) is 1. The average molecular weight is 208 g/mol. The maximum absolute atomic E-state index is 9.33. The summed E-state index contributed by atoms with van der Waals surface area (Å²) in [5, 5.41) is 54.8. The van der Waals surface area contributed by atoms with E-state index in [1.165, 1.54) is 0 Å². The Balaban J connectivity index is 3.05. The fourth-order valence-corrected chi connectivity index (χ4v) is 1.46. The van der Waals surface area contributed by atoms with Crippen LogP contribution < -0.4 is 0 Å². The molecule has 0 spiro atoms. The van der Waals surface area contributed by atoms with Gasteiger partial charge in [0.2, 0.25) is 0 Å². The summed E-state index contributed by atoms with van der Waals surface area (Å²) in [5.41, 5.74) is -0.248. The first kappa shape index (κ1) is 11.3. The zero-order valence-corrected chi connectivity index (χ0v) is 7.35. The smallest absolute Gasteiger partial charge is 0.261 e. The first-order valence-corrected chi connectivity index (χ1v) is 4.14. The van der Waals surface area contributed by atoms with Gasteiger partial charge in [-0.15, -0.1) is 0 Å². The molecule has 0 saturated heterocycles. The maximum Gasteiger partial charge on any atom is 0.261 e. The zero-order valence-electron chi connectivity index (χ0n) is 7.35. The number of aliphatic hydroxyl groups excluding tert-OH is 5. The minimum Gasteiger partial charge on any atom is -0.389 e. The number of rotatable bonds is 2. The predicted octanol–water partition coefficient (Wildman–Crippen LogP) is -3.72. The third-order valence-electron chi connectivity index (χ3n) is 2.37. The van der Waals surface area contributed by atoms with Crippen LogP contribution in [-0.4, -0.2) is 78.8 Å². The fourth-order valence-electron chi connectivity index (χ4n) is 1.46. The van der Waals surface area contributed by atoms with E-state index < -0.39 is 37.6 Å². The summed E-state index contributed by atoms with van der Waals surface area (Å²) in [4.78, 5) is 0. The summed E-state index contributed by atoms with van der Waals surface area (Å²) >= 11 is 0. The van der Waals surface area contributed by atoms with Gasteiger partial charge in [0.1, 0.15) is 19.3 Å². The summed E-state index contributed by atoms with van der Waals surface area (Å²) < 4.78 is 0.391. The Kier molecular flexibility index (Phi) is 3.40. The molecule has 0 amide bonds. The number of hydrogen-bond donors (Lipinski definition) is 6. The predicted molar refractivity (Wildman–Crippen MR) is 43.0 cm³/mol. The molecule has 4 atom stereocenters. The Hall–Kier alpha value is -0.730. The van der Waals surface area contributed by atoms with Crippen LogP contribution in [0.3, 0.4) is 0 Å². The van der Waals surface area contributed by atoms with Gasteiger partial charge in [0.15, 0.2) is 12.2 Å². The van der Waals surface area contributed by atoms with Gasteiger partial charge in [-0.2, -0.15) is 0 Å². The van der Waals surface area contributed by atoms with Crippen LogP contribution in [0.15, 0.2) is 0 Å². The number of hydrogen-bond acceptors (Lipinski definition) is 6. The van der Waals surface area contributed by atoms with E-state index in [-0.39, 0.29) is 5.71 Å². The van der Waals surface area contributed by atoms with E-state index in [1.807, 2.05) is 0 Å². The van der Waals surface area contributed by atoms with Crippen molar-refractivity contribution < 1.29 is 35.5 Å². The number of aliphatic hydroxyl groups is 5. The van der Waals surface area contributed by atoms with Crippen LogP contribution in [0.5, 0.6) is 0 Å². The Bertz CT molecular complexity index is 242. The highest BCUT2D eigenvalue weighted by Gasteiger charge is 2.48. The molecule has 1 rings (SSSR count). The highest BCUT2D eigenvalue weighted by molar-refractivity contribution is 5.86. The lowest BCUT2D eigenvalue weighted by Gasteiger charge is -2.28. The van der Waals surface area contributed by atoms with E-state index in [1.54, 1.807) is 0 Å². The van der Waals surface area contributed by atoms with E-state index in [2.05, 4.69) is 0 Å². The van der Waals surface area contributed by atoms with Gasteiger partial charge in [0.25, 0.3) is 11.8 Å². The Labute approximate surface area is 79.7 Å². The molecule has 1 aliphatic heterocycles. The van der Waals surface area contributed by atoms with Gasteiger partial charge >= 0.3 is 0 Å². The number of hydroxylamine groups is 1. The largest absolute Gasteiger partial charge is 0.389 e. The van der Waals surface area contributed by atoms with Gasteiger partial charge in [-0.25, -0.2) is 0 Å². The molecule has 1 aliphatic rings.